The van der Waals surface area contributed by atoms with Crippen molar-refractivity contribution < 1.29 is 9.53 Å². The van der Waals surface area contributed by atoms with Crippen LogP contribution < -0.4 is 0 Å². The van der Waals surface area contributed by atoms with E-state index in [0.29, 0.717) is 14.9 Å². The van der Waals surface area contributed by atoms with E-state index >= 15 is 0 Å². The molecule has 0 bridgehead atoms. The number of carbonyl (C=O) groups is 1. The molecule has 3 aromatic rings. The zero-order valence-electron chi connectivity index (χ0n) is 15.0. The number of fused-ring (bicyclic) bond motifs is 1. The normalized spacial score (nSPS) is 15.5. The Hall–Kier alpha value is -1.37. The molecule has 27 heavy (non-hydrogen) atoms. The number of hydrogen-bond acceptors (Lipinski definition) is 4. The molecule has 0 aliphatic carbocycles. The molecule has 0 amide bonds. The highest BCUT2D eigenvalue weighted by molar-refractivity contribution is 7.22. The largest absolute Gasteiger partial charge is 0.379 e. The van der Waals surface area contributed by atoms with Gasteiger partial charge in [0, 0.05) is 47.8 Å². The molecule has 1 fully saturated rings. The van der Waals surface area contributed by atoms with Crippen LogP contribution in [0.1, 0.15) is 21.6 Å². The number of aromatic nitrogens is 1. The van der Waals surface area contributed by atoms with E-state index < -0.39 is 0 Å². The number of benzene rings is 1. The molecular weight excluding hydrogens is 403 g/mol. The molecular formula is C20H20Cl2N2O2S. The molecule has 0 saturated carbocycles. The Bertz CT molecular complexity index is 989. The van der Waals surface area contributed by atoms with Crippen LogP contribution in [0, 0.1) is 6.92 Å². The lowest BCUT2D eigenvalue weighted by atomic mass is 10.0. The number of thiophene rings is 1. The van der Waals surface area contributed by atoms with Crippen LogP contribution in [0.5, 0.6) is 0 Å². The average Bonchev–Trinajstić information content (AvgIpc) is 3.14. The highest BCUT2D eigenvalue weighted by atomic mass is 35.5. The van der Waals surface area contributed by atoms with Gasteiger partial charge in [-0.15, -0.1) is 11.3 Å². The number of morpholine rings is 1. The highest BCUT2D eigenvalue weighted by Gasteiger charge is 2.23. The zero-order chi connectivity index (χ0) is 19.0. The van der Waals surface area contributed by atoms with Gasteiger partial charge in [-0.05, 0) is 25.1 Å². The molecule has 2 aromatic heterocycles. The van der Waals surface area contributed by atoms with Crippen LogP contribution in [0.2, 0.25) is 9.36 Å². The molecule has 0 spiro atoms. The fraction of sp³-hybridized carbons (Fsp3) is 0.350. The van der Waals surface area contributed by atoms with Crippen LogP contribution in [0.15, 0.2) is 30.3 Å². The molecule has 0 atom stereocenters. The summed E-state index contributed by atoms with van der Waals surface area (Å²) in [5.74, 6) is -0.0143. The predicted molar refractivity (Wildman–Crippen MR) is 112 cm³/mol. The van der Waals surface area contributed by atoms with Gasteiger partial charge < -0.3 is 9.30 Å². The maximum absolute atomic E-state index is 13.2. The maximum atomic E-state index is 13.2. The van der Waals surface area contributed by atoms with Crippen LogP contribution >= 0.6 is 34.5 Å². The molecule has 4 nitrogen and oxygen atoms in total. The minimum absolute atomic E-state index is 0.0143. The summed E-state index contributed by atoms with van der Waals surface area (Å²) < 4.78 is 8.34. The number of hydrogen-bond donors (Lipinski definition) is 0. The van der Waals surface area contributed by atoms with Gasteiger partial charge in [-0.25, -0.2) is 0 Å². The molecule has 0 N–H and O–H groups in total. The number of carbonyl (C=O) groups excluding carboxylic acids is 1. The first-order valence-electron chi connectivity index (χ1n) is 8.93. The van der Waals surface area contributed by atoms with E-state index in [0.717, 1.165) is 60.9 Å². The van der Waals surface area contributed by atoms with E-state index in [1.54, 1.807) is 24.3 Å². The van der Waals surface area contributed by atoms with Crippen molar-refractivity contribution in [2.75, 3.05) is 32.8 Å². The molecule has 1 aliphatic heterocycles. The van der Waals surface area contributed by atoms with Crippen molar-refractivity contribution in [3.63, 3.8) is 0 Å². The molecule has 4 rings (SSSR count). The summed E-state index contributed by atoms with van der Waals surface area (Å²) in [6.07, 6.45) is 0. The molecule has 1 saturated heterocycles. The van der Waals surface area contributed by atoms with Gasteiger partial charge in [-0.1, -0.05) is 35.3 Å². The monoisotopic (exact) mass is 422 g/mol. The second kappa shape index (κ2) is 7.94. The number of nitrogens with zero attached hydrogens (tertiary/aromatic N) is 2. The maximum Gasteiger partial charge on any atom is 0.195 e. The van der Waals surface area contributed by atoms with Gasteiger partial charge >= 0.3 is 0 Å². The third kappa shape index (κ3) is 3.80. The van der Waals surface area contributed by atoms with Gasteiger partial charge in [0.05, 0.1) is 23.1 Å². The second-order valence-electron chi connectivity index (χ2n) is 6.67. The van der Waals surface area contributed by atoms with Crippen molar-refractivity contribution in [1.29, 1.82) is 0 Å². The third-order valence-corrected chi connectivity index (χ3v) is 6.54. The predicted octanol–water partition coefficient (Wildman–Crippen LogP) is 4.88. The molecule has 1 aliphatic rings. The Morgan fingerprint density at radius 2 is 1.96 bits per heavy atom. The highest BCUT2D eigenvalue weighted by Crippen LogP contribution is 2.37. The summed E-state index contributed by atoms with van der Waals surface area (Å²) >= 11 is 13.9. The van der Waals surface area contributed by atoms with Gasteiger partial charge in [0.2, 0.25) is 0 Å². The average molecular weight is 423 g/mol. The molecule has 0 unspecified atom stereocenters. The van der Waals surface area contributed by atoms with Crippen molar-refractivity contribution in [1.82, 2.24) is 9.47 Å². The van der Waals surface area contributed by atoms with E-state index in [9.17, 15) is 4.79 Å². The summed E-state index contributed by atoms with van der Waals surface area (Å²) in [7, 11) is 0. The summed E-state index contributed by atoms with van der Waals surface area (Å²) in [6.45, 7) is 7.22. The molecule has 3 heterocycles. The van der Waals surface area contributed by atoms with E-state index in [2.05, 4.69) is 9.47 Å². The van der Waals surface area contributed by atoms with Crippen molar-refractivity contribution in [2.45, 2.75) is 13.5 Å². The van der Waals surface area contributed by atoms with Crippen molar-refractivity contribution >= 4 is 50.5 Å². The summed E-state index contributed by atoms with van der Waals surface area (Å²) in [4.78, 5) is 16.7. The Morgan fingerprint density at radius 1 is 1.19 bits per heavy atom. The number of ketones is 1. The van der Waals surface area contributed by atoms with Gasteiger partial charge in [-0.3, -0.25) is 9.69 Å². The van der Waals surface area contributed by atoms with E-state index in [1.165, 1.54) is 11.3 Å². The number of halogens is 2. The van der Waals surface area contributed by atoms with Gasteiger partial charge in [0.15, 0.2) is 5.78 Å². The van der Waals surface area contributed by atoms with Gasteiger partial charge in [0.1, 0.15) is 4.83 Å². The minimum Gasteiger partial charge on any atom is -0.379 e. The van der Waals surface area contributed by atoms with Crippen LogP contribution in [-0.4, -0.2) is 48.1 Å². The van der Waals surface area contributed by atoms with E-state index in [4.69, 9.17) is 27.9 Å². The Balaban J connectivity index is 1.70. The van der Waals surface area contributed by atoms with Gasteiger partial charge in [0.25, 0.3) is 0 Å². The van der Waals surface area contributed by atoms with Crippen LogP contribution in [0.25, 0.3) is 10.2 Å². The third-order valence-electron chi connectivity index (χ3n) is 5.02. The van der Waals surface area contributed by atoms with Gasteiger partial charge in [-0.2, -0.15) is 0 Å². The fourth-order valence-corrected chi connectivity index (χ4v) is 5.10. The lowest BCUT2D eigenvalue weighted by Crippen LogP contribution is -2.38. The Morgan fingerprint density at radius 3 is 2.70 bits per heavy atom. The summed E-state index contributed by atoms with van der Waals surface area (Å²) in [5, 5.41) is 1.49. The lowest BCUT2D eigenvalue weighted by Gasteiger charge is -2.26. The Kier molecular flexibility index (Phi) is 5.58. The summed E-state index contributed by atoms with van der Waals surface area (Å²) in [6, 6.07) is 9.00. The van der Waals surface area contributed by atoms with Crippen molar-refractivity contribution in [2.24, 2.45) is 0 Å². The molecule has 7 heteroatoms. The van der Waals surface area contributed by atoms with Crippen LogP contribution in [0.4, 0.5) is 0 Å². The van der Waals surface area contributed by atoms with Crippen molar-refractivity contribution in [3.05, 3.63) is 56.5 Å². The zero-order valence-corrected chi connectivity index (χ0v) is 17.3. The topological polar surface area (TPSA) is 34.5 Å². The second-order valence-corrected chi connectivity index (χ2v) is 8.77. The number of ether oxygens (including phenoxy) is 1. The first-order chi connectivity index (χ1) is 13.0. The van der Waals surface area contributed by atoms with E-state index in [1.807, 2.05) is 13.0 Å². The molecule has 142 valence electrons. The number of rotatable bonds is 5. The quantitative estimate of drug-likeness (QED) is 0.549. The Labute approximate surface area is 172 Å². The van der Waals surface area contributed by atoms with E-state index in [-0.39, 0.29) is 5.78 Å². The standard InChI is InChI=1S/C20H20Cl2N2O2S/c1-13-18(19(25)14-3-2-4-15(21)11-14)16-12-17(22)27-20(16)24(13)6-5-23-7-9-26-10-8-23/h2-4,11-12H,5-10H2,1H3. The van der Waals surface area contributed by atoms with Crippen molar-refractivity contribution in [3.8, 4) is 0 Å². The fourth-order valence-electron chi connectivity index (χ4n) is 3.61. The van der Waals surface area contributed by atoms with Crippen LogP contribution in [-0.2, 0) is 11.3 Å². The lowest BCUT2D eigenvalue weighted by molar-refractivity contribution is 0.0365. The minimum atomic E-state index is -0.0143. The first kappa shape index (κ1) is 19.0. The smallest absolute Gasteiger partial charge is 0.195 e. The SMILES string of the molecule is Cc1c(C(=O)c2cccc(Cl)c2)c2cc(Cl)sc2n1CCN1CCOCC1. The molecule has 1 aromatic carbocycles. The summed E-state index contributed by atoms with van der Waals surface area (Å²) in [5.41, 5.74) is 2.30. The van der Waals surface area contributed by atoms with Crippen LogP contribution in [0.3, 0.4) is 0 Å². The molecule has 0 radical (unpaired) electrons. The first-order valence-corrected chi connectivity index (χ1v) is 10.5.